The molecule has 3 heteroatoms. The Morgan fingerprint density at radius 2 is 1.86 bits per heavy atom. The molecule has 21 heavy (non-hydrogen) atoms. The van der Waals surface area contributed by atoms with Crippen LogP contribution in [0.25, 0.3) is 10.9 Å². The molecule has 0 spiro atoms. The normalized spacial score (nSPS) is 13.8. The molecule has 0 fully saturated rings. The quantitative estimate of drug-likeness (QED) is 0.878. The third kappa shape index (κ3) is 2.81. The van der Waals surface area contributed by atoms with Crippen molar-refractivity contribution in [2.45, 2.75) is 38.3 Å². The summed E-state index contributed by atoms with van der Waals surface area (Å²) in [4.78, 5) is 6.98. The van der Waals surface area contributed by atoms with Crippen molar-refractivity contribution in [1.82, 2.24) is 15.2 Å². The van der Waals surface area contributed by atoms with Gasteiger partial charge in [-0.25, -0.2) is 0 Å². The van der Waals surface area contributed by atoms with Gasteiger partial charge in [0.1, 0.15) is 0 Å². The molecule has 0 aliphatic heterocycles. The van der Waals surface area contributed by atoms with Gasteiger partial charge in [0.15, 0.2) is 0 Å². The lowest BCUT2D eigenvalue weighted by Gasteiger charge is -2.45. The molecule has 0 saturated carbocycles. The Kier molecular flexibility index (Phi) is 4.96. The summed E-state index contributed by atoms with van der Waals surface area (Å²) >= 11 is 0. The summed E-state index contributed by atoms with van der Waals surface area (Å²) in [5, 5.41) is 4.73. The van der Waals surface area contributed by atoms with Gasteiger partial charge in [0.05, 0.1) is 11.6 Å². The number of aromatic nitrogens is 1. The fourth-order valence-corrected chi connectivity index (χ4v) is 3.54. The van der Waals surface area contributed by atoms with Crippen molar-refractivity contribution in [2.75, 3.05) is 21.1 Å². The molecule has 114 valence electrons. The smallest absolute Gasteiger partial charge is 0.0702 e. The predicted molar refractivity (Wildman–Crippen MR) is 90.5 cm³/mol. The zero-order valence-electron chi connectivity index (χ0n) is 13.9. The van der Waals surface area contributed by atoms with Gasteiger partial charge in [-0.3, -0.25) is 4.98 Å². The maximum absolute atomic E-state index is 4.63. The fraction of sp³-hybridized carbons (Fsp3) is 0.500. The second kappa shape index (κ2) is 6.54. The zero-order valence-corrected chi connectivity index (χ0v) is 13.9. The lowest BCUT2D eigenvalue weighted by Crippen LogP contribution is -2.52. The number of nitrogens with one attached hydrogen (secondary N) is 1. The summed E-state index contributed by atoms with van der Waals surface area (Å²) in [7, 11) is 6.39. The maximum Gasteiger partial charge on any atom is 0.0702 e. The molecule has 0 bridgehead atoms. The van der Waals surface area contributed by atoms with Crippen LogP contribution in [0.2, 0.25) is 0 Å². The molecule has 1 N–H and O–H groups in total. The number of hydrogen-bond acceptors (Lipinski definition) is 3. The van der Waals surface area contributed by atoms with Crippen LogP contribution in [0.4, 0.5) is 0 Å². The van der Waals surface area contributed by atoms with E-state index in [4.69, 9.17) is 0 Å². The van der Waals surface area contributed by atoms with E-state index in [-0.39, 0.29) is 11.6 Å². The summed E-state index contributed by atoms with van der Waals surface area (Å²) < 4.78 is 0. The second-order valence-corrected chi connectivity index (χ2v) is 5.89. The third-order valence-corrected chi connectivity index (χ3v) is 4.89. The van der Waals surface area contributed by atoms with E-state index in [1.807, 2.05) is 19.3 Å². The molecule has 1 atom stereocenters. The highest BCUT2D eigenvalue weighted by molar-refractivity contribution is 5.78. The number of pyridine rings is 1. The zero-order chi connectivity index (χ0) is 15.5. The van der Waals surface area contributed by atoms with Crippen molar-refractivity contribution in [3.63, 3.8) is 0 Å². The number of likely N-dealkylation sites (N-methyl/N-ethyl adjacent to an activating group) is 2. The molecule has 0 saturated heterocycles. The molecule has 0 amide bonds. The predicted octanol–water partition coefficient (Wildman–Crippen LogP) is 3.62. The molecule has 3 nitrogen and oxygen atoms in total. The molecule has 2 aromatic rings. The van der Waals surface area contributed by atoms with E-state index < -0.39 is 0 Å². The Morgan fingerprint density at radius 3 is 2.43 bits per heavy atom. The van der Waals surface area contributed by atoms with Gasteiger partial charge in [0, 0.05) is 17.1 Å². The molecule has 0 radical (unpaired) electrons. The van der Waals surface area contributed by atoms with Crippen molar-refractivity contribution in [3.05, 3.63) is 42.1 Å². The Labute approximate surface area is 128 Å². The Balaban J connectivity index is 2.51. The van der Waals surface area contributed by atoms with Gasteiger partial charge >= 0.3 is 0 Å². The minimum Gasteiger partial charge on any atom is -0.311 e. The molecule has 0 aliphatic rings. The Bertz CT molecular complexity index is 588. The topological polar surface area (TPSA) is 28.2 Å². The second-order valence-electron chi connectivity index (χ2n) is 5.89. The van der Waals surface area contributed by atoms with E-state index in [9.17, 15) is 0 Å². The minimum absolute atomic E-state index is 0.0961. The molecule has 1 unspecified atom stereocenters. The Hall–Kier alpha value is -1.45. The van der Waals surface area contributed by atoms with Gasteiger partial charge in [-0.05, 0) is 51.7 Å². The summed E-state index contributed by atoms with van der Waals surface area (Å²) in [5.41, 5.74) is 2.41. The molecular weight excluding hydrogens is 258 g/mol. The molecular formula is C18H27N3. The van der Waals surface area contributed by atoms with Crippen LogP contribution in [0.15, 0.2) is 36.5 Å². The summed E-state index contributed by atoms with van der Waals surface area (Å²) in [5.74, 6) is 0. The highest BCUT2D eigenvalue weighted by atomic mass is 15.2. The highest BCUT2D eigenvalue weighted by Crippen LogP contribution is 2.36. The molecule has 1 aromatic heterocycles. The molecule has 0 aliphatic carbocycles. The largest absolute Gasteiger partial charge is 0.311 e. The number of nitrogens with zero attached hydrogens (tertiary/aromatic N) is 2. The molecule has 1 aromatic carbocycles. The van der Waals surface area contributed by atoms with Crippen molar-refractivity contribution >= 4 is 10.9 Å². The number of benzene rings is 1. The van der Waals surface area contributed by atoms with E-state index in [1.54, 1.807) is 0 Å². The van der Waals surface area contributed by atoms with Crippen LogP contribution in [-0.2, 0) is 0 Å². The molecule has 2 rings (SSSR count). The van der Waals surface area contributed by atoms with Crippen molar-refractivity contribution in [3.8, 4) is 0 Å². The fourth-order valence-electron chi connectivity index (χ4n) is 3.54. The van der Waals surface area contributed by atoms with Crippen LogP contribution in [-0.4, -0.2) is 36.6 Å². The van der Waals surface area contributed by atoms with Gasteiger partial charge in [0.2, 0.25) is 0 Å². The minimum atomic E-state index is 0.0961. The van der Waals surface area contributed by atoms with E-state index >= 15 is 0 Å². The van der Waals surface area contributed by atoms with Crippen LogP contribution in [0.1, 0.15) is 38.3 Å². The van der Waals surface area contributed by atoms with Gasteiger partial charge in [-0.2, -0.15) is 0 Å². The average molecular weight is 285 g/mol. The van der Waals surface area contributed by atoms with E-state index in [1.165, 1.54) is 10.9 Å². The number of rotatable bonds is 6. The Morgan fingerprint density at radius 1 is 1.19 bits per heavy atom. The van der Waals surface area contributed by atoms with Crippen LogP contribution < -0.4 is 5.32 Å². The van der Waals surface area contributed by atoms with Gasteiger partial charge < -0.3 is 10.2 Å². The number of fused-ring (bicyclic) bond motifs is 1. The van der Waals surface area contributed by atoms with E-state index in [0.29, 0.717) is 0 Å². The standard InChI is InChI=1S/C18H27N3/c1-6-18(7-2,21(4)5)17(19-3)15-12-14-10-8-9-11-16(14)20-13-15/h8-13,17,19H,6-7H2,1-5H3. The summed E-state index contributed by atoms with van der Waals surface area (Å²) in [6, 6.07) is 10.8. The van der Waals surface area contributed by atoms with Gasteiger partial charge in [0.25, 0.3) is 0 Å². The lowest BCUT2D eigenvalue weighted by atomic mass is 9.80. The number of para-hydroxylation sites is 1. The third-order valence-electron chi connectivity index (χ3n) is 4.89. The maximum atomic E-state index is 4.63. The van der Waals surface area contributed by atoms with Crippen molar-refractivity contribution < 1.29 is 0 Å². The molecule has 1 heterocycles. The lowest BCUT2D eigenvalue weighted by molar-refractivity contribution is 0.0917. The van der Waals surface area contributed by atoms with Crippen LogP contribution in [0, 0.1) is 0 Å². The van der Waals surface area contributed by atoms with Gasteiger partial charge in [-0.1, -0.05) is 32.0 Å². The first-order valence-corrected chi connectivity index (χ1v) is 7.78. The SMILES string of the molecule is CCC(CC)(C(NC)c1cnc2ccccc2c1)N(C)C. The van der Waals surface area contributed by atoms with Crippen molar-refractivity contribution in [1.29, 1.82) is 0 Å². The van der Waals surface area contributed by atoms with Gasteiger partial charge in [-0.15, -0.1) is 0 Å². The van der Waals surface area contributed by atoms with Crippen LogP contribution in [0.5, 0.6) is 0 Å². The summed E-state index contributed by atoms with van der Waals surface area (Å²) in [6.45, 7) is 4.53. The first-order chi connectivity index (χ1) is 10.1. The highest BCUT2D eigenvalue weighted by Gasteiger charge is 2.38. The number of hydrogen-bond donors (Lipinski definition) is 1. The van der Waals surface area contributed by atoms with Crippen molar-refractivity contribution in [2.24, 2.45) is 0 Å². The van der Waals surface area contributed by atoms with Crippen LogP contribution in [0.3, 0.4) is 0 Å². The average Bonchev–Trinajstić information content (AvgIpc) is 2.52. The first kappa shape index (κ1) is 15.9. The monoisotopic (exact) mass is 285 g/mol. The van der Waals surface area contributed by atoms with E-state index in [2.05, 4.69) is 67.4 Å². The van der Waals surface area contributed by atoms with Crippen LogP contribution >= 0.6 is 0 Å². The van der Waals surface area contributed by atoms with E-state index in [0.717, 1.165) is 18.4 Å². The summed E-state index contributed by atoms with van der Waals surface area (Å²) in [6.07, 6.45) is 4.21. The first-order valence-electron chi connectivity index (χ1n) is 7.78.